The van der Waals surface area contributed by atoms with Gasteiger partial charge in [-0.05, 0) is 50.7 Å². The van der Waals surface area contributed by atoms with E-state index in [1.165, 1.54) is 6.07 Å². The second kappa shape index (κ2) is 6.83. The molecule has 3 heterocycles. The Kier molecular flexibility index (Phi) is 4.53. The number of hydrogen-bond acceptors (Lipinski definition) is 4. The lowest BCUT2D eigenvalue weighted by molar-refractivity contribution is 0.0705. The minimum absolute atomic E-state index is 0.0647. The van der Waals surface area contributed by atoms with E-state index in [4.69, 9.17) is 11.6 Å². The van der Waals surface area contributed by atoms with Crippen LogP contribution in [0.3, 0.4) is 0 Å². The molecule has 4 rings (SSSR count). The molecule has 1 aliphatic carbocycles. The number of hydrogen-bond donors (Lipinski definition) is 1. The first kappa shape index (κ1) is 17.2. The fourth-order valence-corrected chi connectivity index (χ4v) is 4.22. The van der Waals surface area contributed by atoms with Crippen LogP contribution in [0.2, 0.25) is 5.15 Å². The smallest absolute Gasteiger partial charge is 0.257 e. The third-order valence-corrected chi connectivity index (χ3v) is 5.53. The first-order chi connectivity index (χ1) is 12.5. The molecule has 2 aromatic rings. The number of carbonyl (C=O) groups is 1. The monoisotopic (exact) mass is 372 g/mol. The number of H-pyrrole nitrogens is 1. The highest BCUT2D eigenvalue weighted by Crippen LogP contribution is 2.29. The van der Waals surface area contributed by atoms with Crippen LogP contribution in [0.4, 0.5) is 0 Å². The van der Waals surface area contributed by atoms with Crippen molar-refractivity contribution < 1.29 is 4.79 Å². The Labute approximate surface area is 156 Å². The minimum atomic E-state index is -0.151. The van der Waals surface area contributed by atoms with E-state index < -0.39 is 0 Å². The first-order valence-corrected chi connectivity index (χ1v) is 9.44. The maximum atomic E-state index is 13.0. The number of carbonyl (C=O) groups excluding carboxylic acids is 1. The van der Waals surface area contributed by atoms with Gasteiger partial charge in [0.2, 0.25) is 0 Å². The highest BCUT2D eigenvalue weighted by molar-refractivity contribution is 6.32. The fourth-order valence-electron chi connectivity index (χ4n) is 3.98. The number of aromatic nitrogens is 3. The van der Waals surface area contributed by atoms with Gasteiger partial charge in [0.15, 0.2) is 0 Å². The molecule has 136 valence electrons. The lowest BCUT2D eigenvalue weighted by atomic mass is 9.94. The first-order valence-electron chi connectivity index (χ1n) is 9.06. The molecule has 2 aliphatic rings. The van der Waals surface area contributed by atoms with Crippen LogP contribution >= 0.6 is 11.6 Å². The van der Waals surface area contributed by atoms with Crippen LogP contribution in [0.1, 0.15) is 58.3 Å². The van der Waals surface area contributed by atoms with E-state index in [0.29, 0.717) is 29.6 Å². The van der Waals surface area contributed by atoms with E-state index in [0.717, 1.165) is 49.1 Å². The summed E-state index contributed by atoms with van der Waals surface area (Å²) in [6.45, 7) is 3.00. The largest absolute Gasteiger partial charge is 0.338 e. The summed E-state index contributed by atoms with van der Waals surface area (Å²) in [7, 11) is 0. The van der Waals surface area contributed by atoms with Gasteiger partial charge >= 0.3 is 0 Å². The molecule has 6 nitrogen and oxygen atoms in total. The summed E-state index contributed by atoms with van der Waals surface area (Å²) in [4.78, 5) is 38.2. The number of nitrogens with zero attached hydrogens (tertiary/aromatic N) is 3. The van der Waals surface area contributed by atoms with Gasteiger partial charge in [-0.3, -0.25) is 9.59 Å². The van der Waals surface area contributed by atoms with Crippen molar-refractivity contribution in [3.8, 4) is 0 Å². The molecular weight excluding hydrogens is 352 g/mol. The predicted octanol–water partition coefficient (Wildman–Crippen LogP) is 2.64. The normalized spacial score (nSPS) is 19.5. The number of pyridine rings is 1. The summed E-state index contributed by atoms with van der Waals surface area (Å²) in [5.74, 6) is 0.583. The maximum absolute atomic E-state index is 13.0. The minimum Gasteiger partial charge on any atom is -0.338 e. The van der Waals surface area contributed by atoms with E-state index in [1.807, 2.05) is 11.0 Å². The van der Waals surface area contributed by atoms with Crippen LogP contribution < -0.4 is 5.56 Å². The van der Waals surface area contributed by atoms with Crippen molar-refractivity contribution in [3.05, 3.63) is 56.0 Å². The van der Waals surface area contributed by atoms with Crippen molar-refractivity contribution in [2.75, 3.05) is 13.1 Å². The summed E-state index contributed by atoms with van der Waals surface area (Å²) < 4.78 is 0. The van der Waals surface area contributed by atoms with Gasteiger partial charge in [0.05, 0.1) is 11.3 Å². The van der Waals surface area contributed by atoms with Crippen LogP contribution in [0.25, 0.3) is 0 Å². The highest BCUT2D eigenvalue weighted by Gasteiger charge is 2.29. The second-order valence-corrected chi connectivity index (χ2v) is 7.49. The summed E-state index contributed by atoms with van der Waals surface area (Å²) >= 11 is 6.30. The SMILES string of the molecule is Cc1nc(C2CCCN(C(=O)c3cc4c(nc3Cl)CCC4)C2)cc(=O)[nH]1. The number of fused-ring (bicyclic) bond motifs is 1. The molecule has 1 atom stereocenters. The quantitative estimate of drug-likeness (QED) is 0.822. The van der Waals surface area contributed by atoms with E-state index in [9.17, 15) is 9.59 Å². The van der Waals surface area contributed by atoms with Crippen molar-refractivity contribution in [3.63, 3.8) is 0 Å². The van der Waals surface area contributed by atoms with Gasteiger partial charge in [0.1, 0.15) is 11.0 Å². The van der Waals surface area contributed by atoms with E-state index in [-0.39, 0.29) is 17.4 Å². The predicted molar refractivity (Wildman–Crippen MR) is 98.7 cm³/mol. The Morgan fingerprint density at radius 1 is 1.27 bits per heavy atom. The number of halogens is 1. The third-order valence-electron chi connectivity index (χ3n) is 5.24. The Morgan fingerprint density at radius 3 is 2.92 bits per heavy atom. The summed E-state index contributed by atoms with van der Waals surface area (Å²) in [5.41, 5.74) is 3.25. The molecule has 0 aromatic carbocycles. The maximum Gasteiger partial charge on any atom is 0.257 e. The number of rotatable bonds is 2. The van der Waals surface area contributed by atoms with E-state index in [2.05, 4.69) is 15.0 Å². The number of likely N-dealkylation sites (tertiary alicyclic amines) is 1. The summed E-state index contributed by atoms with van der Waals surface area (Å²) in [6, 6.07) is 3.45. The third kappa shape index (κ3) is 3.26. The van der Waals surface area contributed by atoms with Crippen molar-refractivity contribution >= 4 is 17.5 Å². The molecule has 7 heteroatoms. The Bertz CT molecular complexity index is 924. The van der Waals surface area contributed by atoms with E-state index in [1.54, 1.807) is 6.92 Å². The molecule has 0 saturated carbocycles. The second-order valence-electron chi connectivity index (χ2n) is 7.13. The fraction of sp³-hybridized carbons (Fsp3) is 0.474. The van der Waals surface area contributed by atoms with Gasteiger partial charge in [-0.1, -0.05) is 11.6 Å². The van der Waals surface area contributed by atoms with Gasteiger partial charge in [0.25, 0.3) is 11.5 Å². The molecule has 1 unspecified atom stereocenters. The number of aryl methyl sites for hydroxylation is 3. The lowest BCUT2D eigenvalue weighted by Gasteiger charge is -2.32. The van der Waals surface area contributed by atoms with Crippen LogP contribution in [-0.2, 0) is 12.8 Å². The molecule has 1 N–H and O–H groups in total. The average Bonchev–Trinajstić information content (AvgIpc) is 3.07. The van der Waals surface area contributed by atoms with Crippen molar-refractivity contribution in [2.45, 2.75) is 44.9 Å². The van der Waals surface area contributed by atoms with Gasteiger partial charge < -0.3 is 9.88 Å². The number of piperidine rings is 1. The van der Waals surface area contributed by atoms with Crippen molar-refractivity contribution in [1.82, 2.24) is 19.9 Å². The zero-order chi connectivity index (χ0) is 18.3. The Hall–Kier alpha value is -2.21. The number of nitrogens with one attached hydrogen (secondary N) is 1. The molecule has 1 amide bonds. The molecule has 1 saturated heterocycles. The van der Waals surface area contributed by atoms with Crippen LogP contribution in [0.5, 0.6) is 0 Å². The molecular formula is C19H21ClN4O2. The highest BCUT2D eigenvalue weighted by atomic mass is 35.5. The zero-order valence-corrected chi connectivity index (χ0v) is 15.5. The molecule has 0 bridgehead atoms. The average molecular weight is 373 g/mol. The topological polar surface area (TPSA) is 79.0 Å². The van der Waals surface area contributed by atoms with Crippen LogP contribution in [0.15, 0.2) is 16.9 Å². The zero-order valence-electron chi connectivity index (χ0n) is 14.7. The Morgan fingerprint density at radius 2 is 2.12 bits per heavy atom. The molecule has 1 aliphatic heterocycles. The summed E-state index contributed by atoms with van der Waals surface area (Å²) in [6.07, 6.45) is 4.74. The van der Waals surface area contributed by atoms with Gasteiger partial charge in [0, 0.05) is 30.8 Å². The van der Waals surface area contributed by atoms with Crippen molar-refractivity contribution in [1.29, 1.82) is 0 Å². The number of amides is 1. The van der Waals surface area contributed by atoms with Crippen LogP contribution in [-0.4, -0.2) is 38.8 Å². The van der Waals surface area contributed by atoms with Crippen molar-refractivity contribution in [2.24, 2.45) is 0 Å². The molecule has 2 aromatic heterocycles. The lowest BCUT2D eigenvalue weighted by Crippen LogP contribution is -2.39. The van der Waals surface area contributed by atoms with E-state index >= 15 is 0 Å². The Balaban J connectivity index is 1.58. The van der Waals surface area contributed by atoms with Crippen LogP contribution in [0, 0.1) is 6.92 Å². The van der Waals surface area contributed by atoms with Gasteiger partial charge in [-0.15, -0.1) is 0 Å². The molecule has 1 fully saturated rings. The molecule has 0 spiro atoms. The number of aromatic amines is 1. The molecule has 0 radical (unpaired) electrons. The molecule has 26 heavy (non-hydrogen) atoms. The van der Waals surface area contributed by atoms with Gasteiger partial charge in [-0.25, -0.2) is 9.97 Å². The standard InChI is InChI=1S/C19H21ClN4O2/c1-11-21-16(9-17(25)22-11)13-5-3-7-24(10-13)19(26)14-8-12-4-2-6-15(12)23-18(14)20/h8-9,13H,2-7,10H2,1H3,(H,21,22,25). The van der Waals surface area contributed by atoms with Gasteiger partial charge in [-0.2, -0.15) is 0 Å². The summed E-state index contributed by atoms with van der Waals surface area (Å²) in [5, 5.41) is 0.294.